The zero-order valence-electron chi connectivity index (χ0n) is 15.1. The maximum absolute atomic E-state index is 4.89. The average molecular weight is 324 g/mol. The molecule has 0 bridgehead atoms. The van der Waals surface area contributed by atoms with E-state index in [1.54, 1.807) is 0 Å². The topological polar surface area (TPSA) is 32.3 Å². The van der Waals surface area contributed by atoms with Crippen LogP contribution >= 0.6 is 0 Å². The summed E-state index contributed by atoms with van der Waals surface area (Å²) in [7, 11) is 0. The third kappa shape index (κ3) is 3.69. The SMILES string of the molecule is CCN(CC)c1cc(-c2ccccc2)nc(N2CCC(C)CC2)n1. The predicted octanol–water partition coefficient (Wildman–Crippen LogP) is 4.23. The second-order valence-corrected chi connectivity index (χ2v) is 6.62. The molecule has 0 spiro atoms. The van der Waals surface area contributed by atoms with Crippen molar-refractivity contribution in [2.75, 3.05) is 36.0 Å². The van der Waals surface area contributed by atoms with E-state index >= 15 is 0 Å². The second kappa shape index (κ2) is 7.65. The van der Waals surface area contributed by atoms with Crippen LogP contribution in [0, 0.1) is 5.92 Å². The molecule has 128 valence electrons. The van der Waals surface area contributed by atoms with Crippen LogP contribution in [0.4, 0.5) is 11.8 Å². The maximum atomic E-state index is 4.89. The number of rotatable bonds is 5. The van der Waals surface area contributed by atoms with Crippen molar-refractivity contribution in [1.29, 1.82) is 0 Å². The summed E-state index contributed by atoms with van der Waals surface area (Å²) < 4.78 is 0. The molecule has 4 heteroatoms. The van der Waals surface area contributed by atoms with Crippen molar-refractivity contribution in [2.45, 2.75) is 33.6 Å². The number of anilines is 2. The van der Waals surface area contributed by atoms with Crippen LogP contribution in [0.1, 0.15) is 33.6 Å². The molecule has 1 aliphatic heterocycles. The van der Waals surface area contributed by atoms with Crippen molar-refractivity contribution >= 4 is 11.8 Å². The number of hydrogen-bond donors (Lipinski definition) is 0. The minimum absolute atomic E-state index is 0.806. The zero-order chi connectivity index (χ0) is 16.9. The Morgan fingerprint density at radius 1 is 1.04 bits per heavy atom. The highest BCUT2D eigenvalue weighted by Crippen LogP contribution is 2.27. The van der Waals surface area contributed by atoms with Gasteiger partial charge in [0.25, 0.3) is 0 Å². The Kier molecular flexibility index (Phi) is 5.34. The molecule has 1 fully saturated rings. The lowest BCUT2D eigenvalue weighted by atomic mass is 10.00. The number of nitrogens with zero attached hydrogens (tertiary/aromatic N) is 4. The van der Waals surface area contributed by atoms with E-state index in [1.165, 1.54) is 12.8 Å². The van der Waals surface area contributed by atoms with Gasteiger partial charge >= 0.3 is 0 Å². The molecule has 0 atom stereocenters. The van der Waals surface area contributed by atoms with Crippen molar-refractivity contribution in [2.24, 2.45) is 5.92 Å². The second-order valence-electron chi connectivity index (χ2n) is 6.62. The van der Waals surface area contributed by atoms with Gasteiger partial charge in [-0.3, -0.25) is 0 Å². The summed E-state index contributed by atoms with van der Waals surface area (Å²) in [6, 6.07) is 12.5. The van der Waals surface area contributed by atoms with Crippen LogP contribution in [0.15, 0.2) is 36.4 Å². The Morgan fingerprint density at radius 2 is 1.71 bits per heavy atom. The number of hydrogen-bond acceptors (Lipinski definition) is 4. The molecule has 1 aromatic carbocycles. The summed E-state index contributed by atoms with van der Waals surface area (Å²) in [5.41, 5.74) is 2.17. The predicted molar refractivity (Wildman–Crippen MR) is 102 cm³/mol. The first-order valence-electron chi connectivity index (χ1n) is 9.15. The number of aromatic nitrogens is 2. The molecule has 4 nitrogen and oxygen atoms in total. The molecule has 2 heterocycles. The van der Waals surface area contributed by atoms with Crippen molar-refractivity contribution in [1.82, 2.24) is 9.97 Å². The zero-order valence-corrected chi connectivity index (χ0v) is 15.1. The maximum Gasteiger partial charge on any atom is 0.227 e. The largest absolute Gasteiger partial charge is 0.357 e. The lowest BCUT2D eigenvalue weighted by Gasteiger charge is -2.31. The van der Waals surface area contributed by atoms with Gasteiger partial charge < -0.3 is 9.80 Å². The van der Waals surface area contributed by atoms with Gasteiger partial charge in [-0.1, -0.05) is 37.3 Å². The quantitative estimate of drug-likeness (QED) is 0.824. The summed E-state index contributed by atoms with van der Waals surface area (Å²) in [5, 5.41) is 0. The third-order valence-electron chi connectivity index (χ3n) is 4.92. The summed E-state index contributed by atoms with van der Waals surface area (Å²) in [6.07, 6.45) is 2.44. The molecule has 1 aromatic heterocycles. The molecule has 1 aliphatic rings. The fourth-order valence-electron chi connectivity index (χ4n) is 3.24. The van der Waals surface area contributed by atoms with Crippen LogP contribution < -0.4 is 9.80 Å². The molecule has 0 radical (unpaired) electrons. The van der Waals surface area contributed by atoms with Crippen molar-refractivity contribution < 1.29 is 0 Å². The van der Waals surface area contributed by atoms with Crippen molar-refractivity contribution in [3.63, 3.8) is 0 Å². The van der Waals surface area contributed by atoms with E-state index in [0.717, 1.165) is 55.1 Å². The van der Waals surface area contributed by atoms with E-state index in [9.17, 15) is 0 Å². The smallest absolute Gasteiger partial charge is 0.227 e. The highest BCUT2D eigenvalue weighted by atomic mass is 15.3. The minimum Gasteiger partial charge on any atom is -0.357 e. The van der Waals surface area contributed by atoms with E-state index < -0.39 is 0 Å². The Hall–Kier alpha value is -2.10. The first-order valence-corrected chi connectivity index (χ1v) is 9.15. The van der Waals surface area contributed by atoms with Gasteiger partial charge in [0.2, 0.25) is 5.95 Å². The van der Waals surface area contributed by atoms with Gasteiger partial charge in [0.1, 0.15) is 5.82 Å². The van der Waals surface area contributed by atoms with E-state index in [-0.39, 0.29) is 0 Å². The summed E-state index contributed by atoms with van der Waals surface area (Å²) in [5.74, 6) is 2.72. The molecule has 2 aromatic rings. The highest BCUT2D eigenvalue weighted by Gasteiger charge is 2.20. The van der Waals surface area contributed by atoms with Crippen molar-refractivity contribution in [3.05, 3.63) is 36.4 Å². The lowest BCUT2D eigenvalue weighted by molar-refractivity contribution is 0.434. The Balaban J connectivity index is 1.99. The molecule has 0 N–H and O–H groups in total. The van der Waals surface area contributed by atoms with E-state index in [0.29, 0.717) is 0 Å². The van der Waals surface area contributed by atoms with Crippen LogP contribution in [0.2, 0.25) is 0 Å². The molecule has 1 saturated heterocycles. The van der Waals surface area contributed by atoms with Crippen LogP contribution in [-0.4, -0.2) is 36.1 Å². The van der Waals surface area contributed by atoms with Crippen LogP contribution in [0.25, 0.3) is 11.3 Å². The van der Waals surface area contributed by atoms with E-state index in [1.807, 2.05) is 6.07 Å². The van der Waals surface area contributed by atoms with E-state index in [4.69, 9.17) is 9.97 Å². The average Bonchev–Trinajstić information content (AvgIpc) is 2.64. The van der Waals surface area contributed by atoms with Crippen molar-refractivity contribution in [3.8, 4) is 11.3 Å². The van der Waals surface area contributed by atoms with Gasteiger partial charge in [-0.2, -0.15) is 4.98 Å². The monoisotopic (exact) mass is 324 g/mol. The lowest BCUT2D eigenvalue weighted by Crippen LogP contribution is -2.34. The molecule has 0 amide bonds. The van der Waals surface area contributed by atoms with E-state index in [2.05, 4.69) is 60.9 Å². The van der Waals surface area contributed by atoms with Gasteiger partial charge in [0, 0.05) is 37.8 Å². The number of piperidine rings is 1. The molecule has 24 heavy (non-hydrogen) atoms. The first-order chi connectivity index (χ1) is 11.7. The van der Waals surface area contributed by atoms with Gasteiger partial charge in [-0.25, -0.2) is 4.98 Å². The Labute approximate surface area is 145 Å². The Bertz CT molecular complexity index is 644. The fraction of sp³-hybridized carbons (Fsp3) is 0.500. The van der Waals surface area contributed by atoms with Gasteiger partial charge in [0.15, 0.2) is 0 Å². The standard InChI is InChI=1S/C20H28N4/c1-4-23(5-2)19-15-18(17-9-7-6-8-10-17)21-20(22-19)24-13-11-16(3)12-14-24/h6-10,15-16H,4-5,11-14H2,1-3H3. The number of benzene rings is 1. The minimum atomic E-state index is 0.806. The molecular formula is C20H28N4. The molecule has 3 rings (SSSR count). The van der Waals surface area contributed by atoms with Gasteiger partial charge in [0.05, 0.1) is 5.69 Å². The third-order valence-corrected chi connectivity index (χ3v) is 4.92. The molecular weight excluding hydrogens is 296 g/mol. The Morgan fingerprint density at radius 3 is 2.33 bits per heavy atom. The molecule has 0 aliphatic carbocycles. The first kappa shape index (κ1) is 16.7. The highest BCUT2D eigenvalue weighted by molar-refractivity contribution is 5.65. The van der Waals surface area contributed by atoms with Crippen LogP contribution in [0.3, 0.4) is 0 Å². The summed E-state index contributed by atoms with van der Waals surface area (Å²) in [4.78, 5) is 14.4. The molecule has 0 unspecified atom stereocenters. The normalized spacial score (nSPS) is 15.5. The van der Waals surface area contributed by atoms with Gasteiger partial charge in [-0.15, -0.1) is 0 Å². The van der Waals surface area contributed by atoms with Gasteiger partial charge in [-0.05, 0) is 32.6 Å². The summed E-state index contributed by atoms with van der Waals surface area (Å²) >= 11 is 0. The van der Waals surface area contributed by atoms with Crippen LogP contribution in [-0.2, 0) is 0 Å². The van der Waals surface area contributed by atoms with Crippen LogP contribution in [0.5, 0.6) is 0 Å². The fourth-order valence-corrected chi connectivity index (χ4v) is 3.24. The summed E-state index contributed by atoms with van der Waals surface area (Å²) in [6.45, 7) is 10.7. The molecule has 0 saturated carbocycles.